The number of hydrogen-bond donors (Lipinski definition) is 0. The van der Waals surface area contributed by atoms with Crippen LogP contribution >= 0.6 is 0 Å². The van der Waals surface area contributed by atoms with Crippen molar-refractivity contribution in [2.45, 2.75) is 6.92 Å². The molecular formula is C11H14N2O3. The Hall–Kier alpha value is -1.75. The molecule has 0 radical (unpaired) electrons. The highest BCUT2D eigenvalue weighted by molar-refractivity contribution is 5.98. The van der Waals surface area contributed by atoms with Crippen molar-refractivity contribution in [3.63, 3.8) is 0 Å². The highest BCUT2D eigenvalue weighted by atomic mass is 16.6. The van der Waals surface area contributed by atoms with Crippen LogP contribution in [-0.2, 0) is 0 Å². The van der Waals surface area contributed by atoms with Crippen LogP contribution in [0.2, 0.25) is 0 Å². The lowest BCUT2D eigenvalue weighted by Gasteiger charge is -2.08. The Balaban J connectivity index is 3.03. The molecule has 16 heavy (non-hydrogen) atoms. The molecule has 0 saturated heterocycles. The van der Waals surface area contributed by atoms with E-state index in [4.69, 9.17) is 0 Å². The summed E-state index contributed by atoms with van der Waals surface area (Å²) in [5, 5.41) is 10.7. The number of nitro benzene ring substituents is 1. The Labute approximate surface area is 93.8 Å². The molecule has 0 spiro atoms. The second kappa shape index (κ2) is 4.85. The van der Waals surface area contributed by atoms with Crippen molar-refractivity contribution >= 4 is 11.5 Å². The fraction of sp³-hybridized carbons (Fsp3) is 0.364. The maximum Gasteiger partial charge on any atom is 0.273 e. The van der Waals surface area contributed by atoms with Gasteiger partial charge in [0.2, 0.25) is 0 Å². The van der Waals surface area contributed by atoms with Gasteiger partial charge in [0.25, 0.3) is 5.69 Å². The molecule has 0 heterocycles. The lowest BCUT2D eigenvalue weighted by atomic mass is 10.1. The molecular weight excluding hydrogens is 208 g/mol. The summed E-state index contributed by atoms with van der Waals surface area (Å²) in [5.41, 5.74) is 0.932. The largest absolute Gasteiger partial charge is 0.302 e. The van der Waals surface area contributed by atoms with Gasteiger partial charge in [-0.1, -0.05) is 12.1 Å². The third-order valence-corrected chi connectivity index (χ3v) is 2.19. The minimum Gasteiger partial charge on any atom is -0.302 e. The van der Waals surface area contributed by atoms with Gasteiger partial charge >= 0.3 is 0 Å². The van der Waals surface area contributed by atoms with Crippen molar-refractivity contribution in [1.82, 2.24) is 4.90 Å². The summed E-state index contributed by atoms with van der Waals surface area (Å²) in [6, 6.07) is 4.55. The molecule has 0 aliphatic heterocycles. The molecule has 0 amide bonds. The lowest BCUT2D eigenvalue weighted by Crippen LogP contribution is -2.21. The second-order valence-corrected chi connectivity index (χ2v) is 3.92. The fourth-order valence-corrected chi connectivity index (χ4v) is 1.36. The van der Waals surface area contributed by atoms with E-state index in [1.165, 1.54) is 6.07 Å². The smallest absolute Gasteiger partial charge is 0.273 e. The molecule has 5 heteroatoms. The molecule has 1 aromatic rings. The first-order valence-electron chi connectivity index (χ1n) is 4.85. The molecule has 0 N–H and O–H groups in total. The van der Waals surface area contributed by atoms with Crippen molar-refractivity contribution in [3.05, 3.63) is 39.4 Å². The number of benzene rings is 1. The molecule has 0 aliphatic rings. The lowest BCUT2D eigenvalue weighted by molar-refractivity contribution is -0.385. The summed E-state index contributed by atoms with van der Waals surface area (Å²) in [5.74, 6) is -0.117. The first-order valence-corrected chi connectivity index (χ1v) is 4.85. The van der Waals surface area contributed by atoms with Crippen LogP contribution in [0.3, 0.4) is 0 Å². The highest BCUT2D eigenvalue weighted by Crippen LogP contribution is 2.19. The third-order valence-electron chi connectivity index (χ3n) is 2.19. The average Bonchev–Trinajstić information content (AvgIpc) is 2.16. The molecule has 0 aromatic heterocycles. The Morgan fingerprint density at radius 2 is 2.06 bits per heavy atom. The number of nitrogens with zero attached hydrogens (tertiary/aromatic N) is 2. The number of Topliss-reactive ketones (excluding diaryl/α,β-unsaturated/α-hetero) is 1. The van der Waals surface area contributed by atoms with E-state index in [9.17, 15) is 14.9 Å². The van der Waals surface area contributed by atoms with Gasteiger partial charge in [-0.2, -0.15) is 0 Å². The molecule has 0 saturated carbocycles. The minimum absolute atomic E-state index is 0.00962. The van der Waals surface area contributed by atoms with E-state index < -0.39 is 4.92 Å². The zero-order chi connectivity index (χ0) is 12.3. The van der Waals surface area contributed by atoms with Crippen LogP contribution in [0.1, 0.15) is 15.9 Å². The normalized spacial score (nSPS) is 10.5. The zero-order valence-corrected chi connectivity index (χ0v) is 9.56. The minimum atomic E-state index is -0.470. The first-order chi connectivity index (χ1) is 7.41. The molecule has 0 bridgehead atoms. The Morgan fingerprint density at radius 1 is 1.44 bits per heavy atom. The quantitative estimate of drug-likeness (QED) is 0.441. The number of carbonyl (C=O) groups is 1. The van der Waals surface area contributed by atoms with E-state index in [1.54, 1.807) is 38.1 Å². The summed E-state index contributed by atoms with van der Waals surface area (Å²) < 4.78 is 0. The fourth-order valence-electron chi connectivity index (χ4n) is 1.36. The number of rotatable bonds is 4. The Morgan fingerprint density at radius 3 is 2.56 bits per heavy atom. The van der Waals surface area contributed by atoms with E-state index in [-0.39, 0.29) is 18.0 Å². The van der Waals surface area contributed by atoms with Gasteiger partial charge in [0.15, 0.2) is 5.78 Å². The average molecular weight is 222 g/mol. The van der Waals surface area contributed by atoms with E-state index in [0.717, 1.165) is 0 Å². The van der Waals surface area contributed by atoms with Crippen molar-refractivity contribution in [1.29, 1.82) is 0 Å². The van der Waals surface area contributed by atoms with Gasteiger partial charge in [-0.05, 0) is 21.0 Å². The Kier molecular flexibility index (Phi) is 3.73. The SMILES string of the molecule is Cc1ccc(C(=O)CN(C)C)cc1[N+](=O)[O-]. The number of ketones is 1. The standard InChI is InChI=1S/C11H14N2O3/c1-8-4-5-9(6-10(8)13(15)16)11(14)7-12(2)3/h4-6H,7H2,1-3H3. The number of hydrogen-bond acceptors (Lipinski definition) is 4. The first kappa shape index (κ1) is 12.3. The van der Waals surface area contributed by atoms with Gasteiger partial charge < -0.3 is 4.90 Å². The second-order valence-electron chi connectivity index (χ2n) is 3.92. The van der Waals surface area contributed by atoms with Gasteiger partial charge in [0, 0.05) is 17.2 Å². The van der Waals surface area contributed by atoms with Crippen molar-refractivity contribution in [3.8, 4) is 0 Å². The number of aryl methyl sites for hydroxylation is 1. The van der Waals surface area contributed by atoms with Crippen LogP contribution in [0.5, 0.6) is 0 Å². The van der Waals surface area contributed by atoms with E-state index in [1.807, 2.05) is 0 Å². The van der Waals surface area contributed by atoms with E-state index in [2.05, 4.69) is 0 Å². The predicted molar refractivity (Wildman–Crippen MR) is 60.7 cm³/mol. The summed E-state index contributed by atoms with van der Waals surface area (Å²) in [7, 11) is 3.56. The number of nitro groups is 1. The van der Waals surface area contributed by atoms with Crippen LogP contribution in [-0.4, -0.2) is 36.2 Å². The molecule has 5 nitrogen and oxygen atoms in total. The topological polar surface area (TPSA) is 63.5 Å². The van der Waals surface area contributed by atoms with E-state index >= 15 is 0 Å². The van der Waals surface area contributed by atoms with Crippen molar-refractivity contribution < 1.29 is 9.72 Å². The molecule has 0 fully saturated rings. The van der Waals surface area contributed by atoms with Crippen LogP contribution in [0.25, 0.3) is 0 Å². The Bertz CT molecular complexity index is 427. The maximum atomic E-state index is 11.7. The molecule has 0 atom stereocenters. The number of carbonyl (C=O) groups excluding carboxylic acids is 1. The molecule has 0 unspecified atom stereocenters. The zero-order valence-electron chi connectivity index (χ0n) is 9.56. The molecule has 0 aliphatic carbocycles. The highest BCUT2D eigenvalue weighted by Gasteiger charge is 2.15. The van der Waals surface area contributed by atoms with Crippen LogP contribution < -0.4 is 0 Å². The van der Waals surface area contributed by atoms with Crippen LogP contribution in [0.4, 0.5) is 5.69 Å². The summed E-state index contributed by atoms with van der Waals surface area (Å²) in [6.07, 6.45) is 0. The van der Waals surface area contributed by atoms with Crippen LogP contribution in [0, 0.1) is 17.0 Å². The summed E-state index contributed by atoms with van der Waals surface area (Å²) in [6.45, 7) is 1.90. The van der Waals surface area contributed by atoms with Crippen molar-refractivity contribution in [2.75, 3.05) is 20.6 Å². The monoisotopic (exact) mass is 222 g/mol. The van der Waals surface area contributed by atoms with Crippen LogP contribution in [0.15, 0.2) is 18.2 Å². The van der Waals surface area contributed by atoms with Gasteiger partial charge in [0.1, 0.15) is 0 Å². The van der Waals surface area contributed by atoms with Gasteiger partial charge in [-0.15, -0.1) is 0 Å². The van der Waals surface area contributed by atoms with Gasteiger partial charge in [-0.3, -0.25) is 14.9 Å². The summed E-state index contributed by atoms with van der Waals surface area (Å²) >= 11 is 0. The molecule has 1 aromatic carbocycles. The molecule has 86 valence electrons. The maximum absolute atomic E-state index is 11.7. The molecule has 1 rings (SSSR count). The van der Waals surface area contributed by atoms with E-state index in [0.29, 0.717) is 11.1 Å². The predicted octanol–water partition coefficient (Wildman–Crippen LogP) is 1.65. The number of likely N-dealkylation sites (N-methyl/N-ethyl adjacent to an activating group) is 1. The van der Waals surface area contributed by atoms with Gasteiger partial charge in [0.05, 0.1) is 11.5 Å². The summed E-state index contributed by atoms with van der Waals surface area (Å²) in [4.78, 5) is 23.6. The van der Waals surface area contributed by atoms with Crippen molar-refractivity contribution in [2.24, 2.45) is 0 Å². The van der Waals surface area contributed by atoms with Gasteiger partial charge in [-0.25, -0.2) is 0 Å². The third kappa shape index (κ3) is 2.87.